The quantitative estimate of drug-likeness (QED) is 0.770. The van der Waals surface area contributed by atoms with Crippen LogP contribution in [0.3, 0.4) is 0 Å². The van der Waals surface area contributed by atoms with Crippen LogP contribution in [0.4, 0.5) is 0 Å². The van der Waals surface area contributed by atoms with E-state index in [1.54, 1.807) is 7.11 Å². The minimum Gasteiger partial charge on any atom is -0.493 e. The van der Waals surface area contributed by atoms with Crippen molar-refractivity contribution in [2.24, 2.45) is 16.7 Å². The van der Waals surface area contributed by atoms with Gasteiger partial charge in [0.05, 0.1) is 12.7 Å². The molecule has 4 fully saturated rings. The first-order chi connectivity index (χ1) is 15.0. The summed E-state index contributed by atoms with van der Waals surface area (Å²) in [6, 6.07) is 4.82. The molecule has 1 saturated heterocycles. The van der Waals surface area contributed by atoms with Crippen molar-refractivity contribution in [1.82, 2.24) is 4.90 Å². The molecule has 5 nitrogen and oxygen atoms in total. The van der Waals surface area contributed by atoms with Gasteiger partial charge in [0.15, 0.2) is 11.5 Å². The number of hydrogen-bond donors (Lipinski definition) is 1. The summed E-state index contributed by atoms with van der Waals surface area (Å²) in [6.45, 7) is 9.59. The van der Waals surface area contributed by atoms with Crippen molar-refractivity contribution in [3.63, 3.8) is 0 Å². The van der Waals surface area contributed by atoms with E-state index in [2.05, 4.69) is 44.9 Å². The van der Waals surface area contributed by atoms with Crippen molar-refractivity contribution in [1.29, 1.82) is 0 Å². The first-order valence-electron chi connectivity index (χ1n) is 12.3. The predicted octanol–water partition coefficient (Wildman–Crippen LogP) is 3.94. The summed E-state index contributed by atoms with van der Waals surface area (Å²) in [5.41, 5.74) is 1.17. The van der Waals surface area contributed by atoms with Gasteiger partial charge in [0.25, 0.3) is 0 Å². The molecule has 0 radical (unpaired) electrons. The van der Waals surface area contributed by atoms with Crippen LogP contribution in [0.2, 0.25) is 0 Å². The summed E-state index contributed by atoms with van der Waals surface area (Å²) in [6.07, 6.45) is 5.07. The van der Waals surface area contributed by atoms with Crippen molar-refractivity contribution in [2.75, 3.05) is 27.8 Å². The zero-order valence-electron chi connectivity index (χ0n) is 20.7. The maximum Gasteiger partial charge on any atom is 0.165 e. The summed E-state index contributed by atoms with van der Waals surface area (Å²) in [5.74, 6) is 1.79. The lowest BCUT2D eigenvalue weighted by atomic mass is 9.33. The molecule has 4 aliphatic carbocycles. The van der Waals surface area contributed by atoms with Gasteiger partial charge in [0.1, 0.15) is 11.7 Å². The van der Waals surface area contributed by atoms with Crippen LogP contribution >= 0.6 is 0 Å². The molecule has 1 aromatic carbocycles. The zero-order valence-corrected chi connectivity index (χ0v) is 20.7. The third kappa shape index (κ3) is 2.01. The number of likely N-dealkylation sites (N-methyl/N-ethyl adjacent to an activating group) is 1. The van der Waals surface area contributed by atoms with Gasteiger partial charge in [-0.3, -0.25) is 0 Å². The van der Waals surface area contributed by atoms with Gasteiger partial charge in [-0.15, -0.1) is 0 Å². The third-order valence-electron chi connectivity index (χ3n) is 11.0. The molecule has 0 amide bonds. The molecule has 7 atom stereocenters. The van der Waals surface area contributed by atoms with Crippen molar-refractivity contribution in [3.05, 3.63) is 23.3 Å². The van der Waals surface area contributed by atoms with Crippen LogP contribution in [0.1, 0.15) is 64.5 Å². The number of ether oxygens (including phenoxy) is 3. The number of likely N-dealkylation sites (tertiary alicyclic amines) is 1. The average Bonchev–Trinajstić information content (AvgIpc) is 3.12. The number of aliphatic hydroxyl groups is 1. The fraction of sp³-hybridized carbons (Fsp3) is 0.778. The molecule has 6 aliphatic rings. The lowest BCUT2D eigenvalue weighted by Crippen LogP contribution is -2.83. The fourth-order valence-electron chi connectivity index (χ4n) is 9.01. The summed E-state index contributed by atoms with van der Waals surface area (Å²) < 4.78 is 19.4. The minimum atomic E-state index is -0.882. The molecule has 1 aromatic rings. The van der Waals surface area contributed by atoms with Gasteiger partial charge in [-0.2, -0.15) is 0 Å². The van der Waals surface area contributed by atoms with Crippen LogP contribution in [0.15, 0.2) is 12.1 Å². The van der Waals surface area contributed by atoms with E-state index in [0.29, 0.717) is 6.04 Å². The topological polar surface area (TPSA) is 51.2 Å². The van der Waals surface area contributed by atoms with Crippen LogP contribution in [-0.2, 0) is 16.6 Å². The van der Waals surface area contributed by atoms with Crippen LogP contribution in [0.5, 0.6) is 11.5 Å². The molecule has 7 rings (SSSR count). The number of nitrogens with zero attached hydrogens (tertiary/aromatic N) is 1. The van der Waals surface area contributed by atoms with E-state index in [-0.39, 0.29) is 28.3 Å². The summed E-state index contributed by atoms with van der Waals surface area (Å²) in [4.78, 5) is 2.60. The highest BCUT2D eigenvalue weighted by Crippen LogP contribution is 2.77. The Labute approximate surface area is 192 Å². The number of benzene rings is 1. The van der Waals surface area contributed by atoms with Crippen LogP contribution in [-0.4, -0.2) is 61.2 Å². The van der Waals surface area contributed by atoms with E-state index in [4.69, 9.17) is 14.2 Å². The molecule has 1 N–H and O–H groups in total. The number of rotatable bonds is 3. The molecule has 3 saturated carbocycles. The van der Waals surface area contributed by atoms with Gasteiger partial charge in [-0.05, 0) is 69.7 Å². The fourth-order valence-corrected chi connectivity index (χ4v) is 9.01. The second-order valence-electron chi connectivity index (χ2n) is 12.5. The van der Waals surface area contributed by atoms with Gasteiger partial charge in [0, 0.05) is 35.5 Å². The smallest absolute Gasteiger partial charge is 0.165 e. The number of piperidine rings is 1. The number of fused-ring (bicyclic) bond motifs is 2. The molecule has 4 bridgehead atoms. The molecule has 2 heterocycles. The lowest BCUT2D eigenvalue weighted by molar-refractivity contribution is -0.311. The van der Waals surface area contributed by atoms with E-state index in [1.165, 1.54) is 11.1 Å². The highest BCUT2D eigenvalue weighted by molar-refractivity contribution is 5.63. The normalized spacial score (nSPS) is 43.4. The molecule has 176 valence electrons. The molecule has 2 aliphatic heterocycles. The number of hydrogen-bond acceptors (Lipinski definition) is 5. The lowest BCUT2D eigenvalue weighted by Gasteiger charge is -2.75. The Balaban J connectivity index is 1.65. The summed E-state index contributed by atoms with van der Waals surface area (Å²) >= 11 is 0. The molecule has 5 heteroatoms. The zero-order chi connectivity index (χ0) is 22.9. The van der Waals surface area contributed by atoms with Crippen LogP contribution in [0.25, 0.3) is 0 Å². The maximum atomic E-state index is 12.1. The first kappa shape index (κ1) is 21.2. The van der Waals surface area contributed by atoms with E-state index in [0.717, 1.165) is 50.1 Å². The summed E-state index contributed by atoms with van der Waals surface area (Å²) in [5, 5.41) is 12.1. The molecular weight excluding hydrogens is 402 g/mol. The van der Waals surface area contributed by atoms with Gasteiger partial charge < -0.3 is 24.2 Å². The minimum absolute atomic E-state index is 0.00253. The van der Waals surface area contributed by atoms with E-state index in [1.807, 2.05) is 14.0 Å². The first-order valence-corrected chi connectivity index (χ1v) is 12.3. The highest BCUT2D eigenvalue weighted by atomic mass is 16.6. The molecule has 0 aromatic heterocycles. The van der Waals surface area contributed by atoms with Crippen molar-refractivity contribution < 1.29 is 19.3 Å². The Morgan fingerprint density at radius 1 is 1.12 bits per heavy atom. The molecule has 1 unspecified atom stereocenters. The van der Waals surface area contributed by atoms with E-state index < -0.39 is 11.2 Å². The SMILES string of the molecule is COc1ccc2c3c1O[C@H]1[C@@]4(OC)CC[C@@]5(C[C@@H]4[C@](C)(O)C(C)(C)C)C(C2)N(C)CC[C@]315. The number of methoxy groups -OCH3 is 2. The van der Waals surface area contributed by atoms with Crippen molar-refractivity contribution in [2.45, 2.75) is 88.6 Å². The molecule has 2 spiro atoms. The van der Waals surface area contributed by atoms with E-state index >= 15 is 0 Å². The summed E-state index contributed by atoms with van der Waals surface area (Å²) in [7, 11) is 5.89. The second-order valence-corrected chi connectivity index (χ2v) is 12.5. The van der Waals surface area contributed by atoms with Gasteiger partial charge >= 0.3 is 0 Å². The average molecular weight is 442 g/mol. The van der Waals surface area contributed by atoms with Crippen molar-refractivity contribution in [3.8, 4) is 11.5 Å². The highest BCUT2D eigenvalue weighted by Gasteiger charge is 2.82. The van der Waals surface area contributed by atoms with Gasteiger partial charge in [-0.1, -0.05) is 26.8 Å². The largest absolute Gasteiger partial charge is 0.493 e. The molecular formula is C27H39NO4. The van der Waals surface area contributed by atoms with Crippen LogP contribution in [0, 0.1) is 16.7 Å². The third-order valence-corrected chi connectivity index (χ3v) is 11.0. The standard InChI is InChI=1S/C27H39NO4/c1-23(2,3)24(4,29)18-15-25-10-11-27(18,31-7)22-26(25)12-13-28(5)19(25)14-16-8-9-17(30-6)21(32-22)20(16)26/h8-9,18-19,22,29H,10-15H2,1-7H3/t18-,19?,22-,24+,25-,26+,27-/m1/s1. The Hall–Kier alpha value is -1.30. The maximum absolute atomic E-state index is 12.1. The Bertz CT molecular complexity index is 983. The van der Waals surface area contributed by atoms with Gasteiger partial charge in [-0.25, -0.2) is 0 Å². The second kappa shape index (κ2) is 6.03. The Morgan fingerprint density at radius 2 is 1.88 bits per heavy atom. The van der Waals surface area contributed by atoms with Crippen molar-refractivity contribution >= 4 is 0 Å². The Morgan fingerprint density at radius 3 is 2.53 bits per heavy atom. The van der Waals surface area contributed by atoms with Crippen LogP contribution < -0.4 is 9.47 Å². The van der Waals surface area contributed by atoms with Gasteiger partial charge in [0.2, 0.25) is 0 Å². The molecule has 32 heavy (non-hydrogen) atoms. The monoisotopic (exact) mass is 441 g/mol. The van der Waals surface area contributed by atoms with E-state index in [9.17, 15) is 5.11 Å². The Kier molecular flexibility index (Phi) is 4.00. The predicted molar refractivity (Wildman–Crippen MR) is 123 cm³/mol.